The molecule has 0 spiro atoms. The predicted molar refractivity (Wildman–Crippen MR) is 98.1 cm³/mol. The molecule has 0 saturated heterocycles. The molecular weight excluding hydrogens is 390 g/mol. The van der Waals surface area contributed by atoms with Crippen molar-refractivity contribution in [2.45, 2.75) is 18.4 Å². The molecule has 5 rings (SSSR count). The van der Waals surface area contributed by atoms with Gasteiger partial charge < -0.3 is 14.8 Å². The van der Waals surface area contributed by atoms with E-state index in [2.05, 4.69) is 51.6 Å². The number of halogens is 2. The molecule has 2 aromatic rings. The van der Waals surface area contributed by atoms with E-state index >= 15 is 0 Å². The van der Waals surface area contributed by atoms with Crippen LogP contribution in [0.4, 0.5) is 5.69 Å². The van der Waals surface area contributed by atoms with Crippen molar-refractivity contribution in [3.63, 3.8) is 0 Å². The molecule has 3 nitrogen and oxygen atoms in total. The van der Waals surface area contributed by atoms with E-state index < -0.39 is 0 Å². The van der Waals surface area contributed by atoms with Gasteiger partial charge in [0, 0.05) is 21.1 Å². The summed E-state index contributed by atoms with van der Waals surface area (Å²) < 4.78 is 12.1. The Labute approximate surface area is 153 Å². The monoisotopic (exact) mass is 403 g/mol. The Morgan fingerprint density at radius 3 is 2.79 bits per heavy atom. The van der Waals surface area contributed by atoms with E-state index in [1.165, 1.54) is 11.1 Å². The Kier molecular flexibility index (Phi) is 3.32. The Bertz CT molecular complexity index is 867. The molecule has 2 aromatic carbocycles. The van der Waals surface area contributed by atoms with E-state index in [-0.39, 0.29) is 12.8 Å². The minimum absolute atomic E-state index is 0.211. The van der Waals surface area contributed by atoms with Gasteiger partial charge in [-0.05, 0) is 53.8 Å². The van der Waals surface area contributed by atoms with Crippen molar-refractivity contribution in [3.05, 3.63) is 63.1 Å². The molecule has 1 N–H and O–H groups in total. The van der Waals surface area contributed by atoms with Gasteiger partial charge in [-0.25, -0.2) is 0 Å². The zero-order chi connectivity index (χ0) is 16.3. The minimum atomic E-state index is 0.211. The minimum Gasteiger partial charge on any atom is -0.454 e. The Balaban J connectivity index is 1.61. The maximum Gasteiger partial charge on any atom is 0.231 e. The summed E-state index contributed by atoms with van der Waals surface area (Å²) >= 11 is 9.94. The number of ether oxygens (including phenoxy) is 2. The molecule has 0 amide bonds. The molecule has 0 saturated carbocycles. The van der Waals surface area contributed by atoms with Crippen LogP contribution in [-0.4, -0.2) is 6.79 Å². The summed E-state index contributed by atoms with van der Waals surface area (Å²) in [5, 5.41) is 4.51. The largest absolute Gasteiger partial charge is 0.454 e. The highest BCUT2D eigenvalue weighted by molar-refractivity contribution is 9.10. The summed E-state index contributed by atoms with van der Waals surface area (Å²) in [6, 6.07) is 10.4. The van der Waals surface area contributed by atoms with Gasteiger partial charge in [-0.1, -0.05) is 39.7 Å². The van der Waals surface area contributed by atoms with Crippen molar-refractivity contribution in [1.29, 1.82) is 0 Å². The van der Waals surface area contributed by atoms with E-state index in [1.54, 1.807) is 0 Å². The molecule has 0 aromatic heterocycles. The first-order valence-corrected chi connectivity index (χ1v) is 9.19. The average molecular weight is 405 g/mol. The number of fused-ring (bicyclic) bond motifs is 4. The van der Waals surface area contributed by atoms with E-state index in [4.69, 9.17) is 21.1 Å². The third-order valence-electron chi connectivity index (χ3n) is 5.15. The smallest absolute Gasteiger partial charge is 0.231 e. The first-order chi connectivity index (χ1) is 11.7. The van der Waals surface area contributed by atoms with Gasteiger partial charge in [0.25, 0.3) is 0 Å². The Morgan fingerprint density at radius 2 is 1.92 bits per heavy atom. The Morgan fingerprint density at radius 1 is 1.08 bits per heavy atom. The topological polar surface area (TPSA) is 30.5 Å². The summed E-state index contributed by atoms with van der Waals surface area (Å²) in [5.74, 6) is 2.48. The van der Waals surface area contributed by atoms with Crippen molar-refractivity contribution in [1.82, 2.24) is 0 Å². The number of hydrogen-bond donors (Lipinski definition) is 1. The molecule has 0 fully saturated rings. The lowest BCUT2D eigenvalue weighted by Gasteiger charge is -2.38. The normalized spacial score (nSPS) is 26.0. The molecule has 3 aliphatic rings. The van der Waals surface area contributed by atoms with Crippen LogP contribution in [0, 0.1) is 5.92 Å². The van der Waals surface area contributed by atoms with Crippen LogP contribution in [-0.2, 0) is 0 Å². The number of anilines is 1. The van der Waals surface area contributed by atoms with Gasteiger partial charge in [-0.15, -0.1) is 0 Å². The van der Waals surface area contributed by atoms with Crippen molar-refractivity contribution < 1.29 is 9.47 Å². The van der Waals surface area contributed by atoms with Crippen LogP contribution >= 0.6 is 27.5 Å². The van der Waals surface area contributed by atoms with Crippen LogP contribution in [0.25, 0.3) is 0 Å². The molecule has 1 aliphatic carbocycles. The van der Waals surface area contributed by atoms with Gasteiger partial charge in [0.1, 0.15) is 0 Å². The van der Waals surface area contributed by atoms with Gasteiger partial charge in [0.05, 0.1) is 6.04 Å². The molecule has 24 heavy (non-hydrogen) atoms. The molecule has 122 valence electrons. The van der Waals surface area contributed by atoms with E-state index in [0.717, 1.165) is 33.1 Å². The van der Waals surface area contributed by atoms with Gasteiger partial charge in [-0.2, -0.15) is 0 Å². The molecule has 3 atom stereocenters. The second kappa shape index (κ2) is 5.43. The fourth-order valence-corrected chi connectivity index (χ4v) is 4.79. The van der Waals surface area contributed by atoms with Crippen LogP contribution in [0.2, 0.25) is 5.02 Å². The third-order valence-corrected chi connectivity index (χ3v) is 6.07. The number of hydrogen-bond acceptors (Lipinski definition) is 3. The zero-order valence-corrected chi connectivity index (χ0v) is 15.1. The maximum atomic E-state index is 6.22. The fourth-order valence-electron chi connectivity index (χ4n) is 4.04. The van der Waals surface area contributed by atoms with Crippen molar-refractivity contribution in [3.8, 4) is 11.5 Å². The van der Waals surface area contributed by atoms with Crippen molar-refractivity contribution in [2.75, 3.05) is 12.1 Å². The Hall–Kier alpha value is -1.65. The second-order valence-corrected chi connectivity index (χ2v) is 7.72. The number of rotatable bonds is 1. The molecule has 2 aliphatic heterocycles. The molecular formula is C19H15BrClNO2. The molecule has 2 heterocycles. The summed E-state index contributed by atoms with van der Waals surface area (Å²) in [4.78, 5) is 0. The predicted octanol–water partition coefficient (Wildman–Crippen LogP) is 5.66. The van der Waals surface area contributed by atoms with E-state index in [1.807, 2.05) is 12.1 Å². The van der Waals surface area contributed by atoms with Crippen LogP contribution in [0.15, 0.2) is 47.0 Å². The average Bonchev–Trinajstić information content (AvgIpc) is 3.22. The van der Waals surface area contributed by atoms with Crippen LogP contribution in [0.1, 0.15) is 29.5 Å². The first kappa shape index (κ1) is 14.7. The highest BCUT2D eigenvalue weighted by atomic mass is 79.9. The van der Waals surface area contributed by atoms with Crippen LogP contribution in [0.3, 0.4) is 0 Å². The van der Waals surface area contributed by atoms with Crippen molar-refractivity contribution >= 4 is 33.2 Å². The summed E-state index contributed by atoms with van der Waals surface area (Å²) in [7, 11) is 0. The zero-order valence-electron chi connectivity index (χ0n) is 12.8. The lowest BCUT2D eigenvalue weighted by atomic mass is 9.77. The highest BCUT2D eigenvalue weighted by Crippen LogP contribution is 2.52. The quantitative estimate of drug-likeness (QED) is 0.622. The molecule has 0 unspecified atom stereocenters. The molecule has 5 heteroatoms. The van der Waals surface area contributed by atoms with Gasteiger partial charge >= 0.3 is 0 Å². The number of benzene rings is 2. The summed E-state index contributed by atoms with van der Waals surface area (Å²) in [6.45, 7) is 0.290. The lowest BCUT2D eigenvalue weighted by Crippen LogP contribution is -2.29. The van der Waals surface area contributed by atoms with E-state index in [0.29, 0.717) is 11.8 Å². The maximum absolute atomic E-state index is 6.22. The van der Waals surface area contributed by atoms with E-state index in [9.17, 15) is 0 Å². The van der Waals surface area contributed by atoms with Crippen LogP contribution < -0.4 is 14.8 Å². The highest BCUT2D eigenvalue weighted by Gasteiger charge is 2.39. The number of nitrogens with one attached hydrogen (secondary N) is 1. The fraction of sp³-hybridized carbons (Fsp3) is 0.263. The lowest BCUT2D eigenvalue weighted by molar-refractivity contribution is 0.174. The first-order valence-electron chi connectivity index (χ1n) is 8.02. The van der Waals surface area contributed by atoms with Gasteiger partial charge in [-0.3, -0.25) is 0 Å². The molecule has 0 bridgehead atoms. The summed E-state index contributed by atoms with van der Waals surface area (Å²) in [6.07, 6.45) is 5.64. The van der Waals surface area contributed by atoms with Gasteiger partial charge in [0.15, 0.2) is 11.5 Å². The third kappa shape index (κ3) is 2.16. The van der Waals surface area contributed by atoms with Gasteiger partial charge in [0.2, 0.25) is 6.79 Å². The van der Waals surface area contributed by atoms with Crippen molar-refractivity contribution in [2.24, 2.45) is 5.92 Å². The SMILES string of the molecule is Clc1ccc2c(c1)[C@H]1C=CC[C@H]1[C@@H](c1cc3c(cc1Br)OCO3)N2. The molecule has 0 radical (unpaired) electrons. The standard InChI is InChI=1S/C19H15BrClNO2/c20-15-8-18-17(23-9-24-18)7-14(15)19-12-3-1-2-11(12)13-6-10(21)4-5-16(13)22-19/h1-2,4-8,11-12,19,22H,3,9H2/t11-,12+,19-/m0/s1. The van der Waals surface area contributed by atoms with Crippen LogP contribution in [0.5, 0.6) is 11.5 Å². The number of allylic oxidation sites excluding steroid dienone is 2. The summed E-state index contributed by atoms with van der Waals surface area (Å²) in [5.41, 5.74) is 3.65. The second-order valence-electron chi connectivity index (χ2n) is 6.43.